The Bertz CT molecular complexity index is 621. The molecule has 0 radical (unpaired) electrons. The van der Waals surface area contributed by atoms with Crippen molar-refractivity contribution in [3.63, 3.8) is 0 Å². The highest BCUT2D eigenvalue weighted by Crippen LogP contribution is 2.42. The predicted octanol–water partition coefficient (Wildman–Crippen LogP) is 3.94. The van der Waals surface area contributed by atoms with Crippen molar-refractivity contribution in [2.75, 3.05) is 0 Å². The first-order valence-electron chi connectivity index (χ1n) is 5.34. The lowest BCUT2D eigenvalue weighted by Crippen LogP contribution is -2.23. The summed E-state index contributed by atoms with van der Waals surface area (Å²) in [5, 5.41) is 9.02. The van der Waals surface area contributed by atoms with E-state index in [0.29, 0.717) is 5.52 Å². The topological polar surface area (TPSA) is 53.1 Å². The molecule has 0 fully saturated rings. The summed E-state index contributed by atoms with van der Waals surface area (Å²) in [4.78, 5) is 13.3. The number of aromatic amines is 1. The van der Waals surface area contributed by atoms with Gasteiger partial charge in [0, 0.05) is 17.1 Å². The fourth-order valence-electron chi connectivity index (χ4n) is 2.02. The summed E-state index contributed by atoms with van der Waals surface area (Å²) in [7, 11) is 0. The summed E-state index contributed by atoms with van der Waals surface area (Å²) >= 11 is 5.90. The van der Waals surface area contributed by atoms with Gasteiger partial charge in [-0.25, -0.2) is 0 Å². The molecule has 2 rings (SSSR count). The molecule has 0 saturated heterocycles. The van der Waals surface area contributed by atoms with E-state index >= 15 is 0 Å². The van der Waals surface area contributed by atoms with Crippen LogP contribution in [0.2, 0.25) is 5.02 Å². The second kappa shape index (κ2) is 4.77. The summed E-state index contributed by atoms with van der Waals surface area (Å²) in [5.41, 5.74) is 0.303. The van der Waals surface area contributed by atoms with Gasteiger partial charge in [-0.1, -0.05) is 17.7 Å². The summed E-state index contributed by atoms with van der Waals surface area (Å²) < 4.78 is 38.9. The largest absolute Gasteiger partial charge is 0.481 e. The zero-order chi connectivity index (χ0) is 14.2. The maximum absolute atomic E-state index is 13.0. The number of hydrogen-bond donors (Lipinski definition) is 2. The lowest BCUT2D eigenvalue weighted by molar-refractivity contribution is -0.163. The Labute approximate surface area is 111 Å². The zero-order valence-corrected chi connectivity index (χ0v) is 10.2. The van der Waals surface area contributed by atoms with Gasteiger partial charge in [0.2, 0.25) is 0 Å². The Morgan fingerprint density at radius 2 is 2.11 bits per heavy atom. The molecule has 0 aliphatic heterocycles. The van der Waals surface area contributed by atoms with Gasteiger partial charge in [-0.2, -0.15) is 13.2 Å². The molecule has 3 nitrogen and oxygen atoms in total. The lowest BCUT2D eigenvalue weighted by atomic mass is 9.94. The molecule has 1 unspecified atom stereocenters. The highest BCUT2D eigenvalue weighted by atomic mass is 35.5. The van der Waals surface area contributed by atoms with Crippen molar-refractivity contribution in [2.45, 2.75) is 18.5 Å². The standard InChI is InChI=1S/C12H9ClF3NO2/c13-8-2-1-3-9-11(8)6(5-17-9)7(4-10(18)19)12(14,15)16/h1-3,5,7,17H,4H2,(H,18,19). The second-order valence-electron chi connectivity index (χ2n) is 4.10. The van der Waals surface area contributed by atoms with Crippen molar-refractivity contribution in [1.29, 1.82) is 0 Å². The van der Waals surface area contributed by atoms with E-state index in [1.807, 2.05) is 0 Å². The van der Waals surface area contributed by atoms with Gasteiger partial charge in [-0.15, -0.1) is 0 Å². The second-order valence-corrected chi connectivity index (χ2v) is 4.51. The van der Waals surface area contributed by atoms with Gasteiger partial charge >= 0.3 is 12.1 Å². The number of carboxylic acid groups (broad SMARTS) is 1. The van der Waals surface area contributed by atoms with Crippen LogP contribution in [0.3, 0.4) is 0 Å². The highest BCUT2D eigenvalue weighted by Gasteiger charge is 2.43. The molecular formula is C12H9ClF3NO2. The number of carboxylic acids is 1. The number of aromatic nitrogens is 1. The van der Waals surface area contributed by atoms with Crippen LogP contribution in [-0.4, -0.2) is 22.2 Å². The van der Waals surface area contributed by atoms with Crippen molar-refractivity contribution >= 4 is 28.5 Å². The number of benzene rings is 1. The first-order valence-corrected chi connectivity index (χ1v) is 5.72. The molecule has 1 aromatic carbocycles. The Morgan fingerprint density at radius 1 is 1.42 bits per heavy atom. The zero-order valence-electron chi connectivity index (χ0n) is 9.46. The van der Waals surface area contributed by atoms with Crippen molar-refractivity contribution in [3.8, 4) is 0 Å². The van der Waals surface area contributed by atoms with Gasteiger partial charge in [-0.05, 0) is 17.7 Å². The van der Waals surface area contributed by atoms with Crippen molar-refractivity contribution in [3.05, 3.63) is 35.0 Å². The Kier molecular flexibility index (Phi) is 3.45. The van der Waals surface area contributed by atoms with E-state index in [9.17, 15) is 18.0 Å². The third kappa shape index (κ3) is 2.68. The monoisotopic (exact) mass is 291 g/mol. The number of fused-ring (bicyclic) bond motifs is 1. The summed E-state index contributed by atoms with van der Waals surface area (Å²) in [6.07, 6.45) is -4.51. The van der Waals surface area contributed by atoms with Crippen LogP contribution in [0, 0.1) is 0 Å². The molecule has 1 atom stereocenters. The van der Waals surface area contributed by atoms with Gasteiger partial charge in [-0.3, -0.25) is 4.79 Å². The normalized spacial score (nSPS) is 13.7. The van der Waals surface area contributed by atoms with Crippen LogP contribution in [0.5, 0.6) is 0 Å². The van der Waals surface area contributed by atoms with Crippen LogP contribution in [0.25, 0.3) is 10.9 Å². The molecule has 0 amide bonds. The van der Waals surface area contributed by atoms with Crippen molar-refractivity contribution < 1.29 is 23.1 Å². The quantitative estimate of drug-likeness (QED) is 0.900. The number of hydrogen-bond acceptors (Lipinski definition) is 1. The van der Waals surface area contributed by atoms with Gasteiger partial charge in [0.05, 0.1) is 17.4 Å². The molecule has 0 bridgehead atoms. The summed E-state index contributed by atoms with van der Waals surface area (Å²) in [5.74, 6) is -3.60. The molecule has 0 aliphatic rings. The molecule has 1 aromatic heterocycles. The maximum Gasteiger partial charge on any atom is 0.396 e. The number of nitrogens with one attached hydrogen (secondary N) is 1. The van der Waals surface area contributed by atoms with Crippen molar-refractivity contribution in [2.24, 2.45) is 0 Å². The van der Waals surface area contributed by atoms with E-state index in [0.717, 1.165) is 6.20 Å². The van der Waals surface area contributed by atoms with E-state index in [-0.39, 0.29) is 16.0 Å². The van der Waals surface area contributed by atoms with Gasteiger partial charge < -0.3 is 10.1 Å². The van der Waals surface area contributed by atoms with Crippen LogP contribution in [0.4, 0.5) is 13.2 Å². The SMILES string of the molecule is O=C(O)CC(c1c[nH]c2cccc(Cl)c12)C(F)(F)F. The van der Waals surface area contributed by atoms with Gasteiger partial charge in [0.25, 0.3) is 0 Å². The summed E-state index contributed by atoms with van der Waals surface area (Å²) in [6.45, 7) is 0. The fraction of sp³-hybridized carbons (Fsp3) is 0.250. The van der Waals surface area contributed by atoms with Gasteiger partial charge in [0.1, 0.15) is 0 Å². The number of rotatable bonds is 3. The molecule has 2 N–H and O–H groups in total. The van der Waals surface area contributed by atoms with E-state index < -0.39 is 24.5 Å². The van der Waals surface area contributed by atoms with Crippen LogP contribution in [0.15, 0.2) is 24.4 Å². The number of carbonyl (C=O) groups is 1. The number of alkyl halides is 3. The minimum absolute atomic E-state index is 0.143. The summed E-state index contributed by atoms with van der Waals surface area (Å²) in [6, 6.07) is 4.65. The maximum atomic E-state index is 13.0. The average molecular weight is 292 g/mol. The minimum Gasteiger partial charge on any atom is -0.481 e. The molecule has 102 valence electrons. The first-order chi connectivity index (χ1) is 8.80. The predicted molar refractivity (Wildman–Crippen MR) is 64.4 cm³/mol. The molecule has 19 heavy (non-hydrogen) atoms. The highest BCUT2D eigenvalue weighted by molar-refractivity contribution is 6.35. The van der Waals surface area contributed by atoms with Crippen LogP contribution < -0.4 is 0 Å². The Morgan fingerprint density at radius 3 is 2.68 bits per heavy atom. The van der Waals surface area contributed by atoms with Crippen LogP contribution in [-0.2, 0) is 4.79 Å². The molecular weight excluding hydrogens is 283 g/mol. The minimum atomic E-state index is -4.65. The van der Waals surface area contributed by atoms with Crippen LogP contribution >= 0.6 is 11.6 Å². The fourth-order valence-corrected chi connectivity index (χ4v) is 2.30. The smallest absolute Gasteiger partial charge is 0.396 e. The Hall–Kier alpha value is -1.69. The van der Waals surface area contributed by atoms with E-state index in [2.05, 4.69) is 4.98 Å². The van der Waals surface area contributed by atoms with Gasteiger partial charge in [0.15, 0.2) is 0 Å². The average Bonchev–Trinajstić information content (AvgIpc) is 2.69. The Balaban J connectivity index is 2.59. The molecule has 2 aromatic rings. The third-order valence-electron chi connectivity index (χ3n) is 2.83. The lowest BCUT2D eigenvalue weighted by Gasteiger charge is -2.18. The van der Waals surface area contributed by atoms with E-state index in [4.69, 9.17) is 16.7 Å². The van der Waals surface area contributed by atoms with Crippen LogP contribution in [0.1, 0.15) is 17.9 Å². The molecule has 1 heterocycles. The number of aliphatic carboxylic acids is 1. The molecule has 7 heteroatoms. The number of H-pyrrole nitrogens is 1. The molecule has 0 saturated carbocycles. The molecule has 0 aliphatic carbocycles. The van der Waals surface area contributed by atoms with Crippen molar-refractivity contribution in [1.82, 2.24) is 4.98 Å². The first kappa shape index (κ1) is 13.7. The third-order valence-corrected chi connectivity index (χ3v) is 3.15. The van der Waals surface area contributed by atoms with E-state index in [1.165, 1.54) is 6.07 Å². The molecule has 0 spiro atoms. The van der Waals surface area contributed by atoms with E-state index in [1.54, 1.807) is 12.1 Å². The number of halogens is 4.